The number of nitro groups is 1. The Morgan fingerprint density at radius 3 is 2.35 bits per heavy atom. The van der Waals surface area contributed by atoms with Crippen LogP contribution in [0.1, 0.15) is 11.1 Å². The molecule has 0 heterocycles. The number of amides is 2. The Morgan fingerprint density at radius 2 is 1.85 bits per heavy atom. The van der Waals surface area contributed by atoms with Gasteiger partial charge in [0, 0.05) is 6.07 Å². The number of nitro benzene ring substituents is 1. The molecule has 0 unspecified atom stereocenters. The lowest BCUT2D eigenvalue weighted by Crippen LogP contribution is -2.36. The number of anilines is 1. The van der Waals surface area contributed by atoms with Gasteiger partial charge in [0.15, 0.2) is 0 Å². The molecule has 110 valence electrons. The van der Waals surface area contributed by atoms with E-state index in [0.717, 1.165) is 0 Å². The van der Waals surface area contributed by atoms with E-state index in [1.165, 1.54) is 12.1 Å². The topological polar surface area (TPSA) is 84.3 Å². The highest BCUT2D eigenvalue weighted by Gasteiger charge is 2.28. The maximum atomic E-state index is 11.9. The van der Waals surface area contributed by atoms with Crippen LogP contribution in [0.25, 0.3) is 0 Å². The fourth-order valence-electron chi connectivity index (χ4n) is 1.40. The molecule has 0 aliphatic carbocycles. The second-order valence-electron chi connectivity index (χ2n) is 4.13. The molecule has 0 saturated heterocycles. The standard InChI is InChI=1S/C11H12F3N3O3/c1-6-3-8(9(17(19)20)4-7(6)2)16-10(18)15-5-11(12,13)14/h3-4H,5H2,1-2H3,(H2,15,16,18). The van der Waals surface area contributed by atoms with E-state index in [-0.39, 0.29) is 11.4 Å². The second kappa shape index (κ2) is 5.76. The molecule has 9 heteroatoms. The number of carbonyl (C=O) groups is 1. The van der Waals surface area contributed by atoms with Crippen LogP contribution in [0.3, 0.4) is 0 Å². The van der Waals surface area contributed by atoms with Crippen LogP contribution in [0.4, 0.5) is 29.3 Å². The van der Waals surface area contributed by atoms with E-state index in [2.05, 4.69) is 0 Å². The van der Waals surface area contributed by atoms with Gasteiger partial charge in [-0.05, 0) is 31.0 Å². The first-order valence-electron chi connectivity index (χ1n) is 5.47. The highest BCUT2D eigenvalue weighted by atomic mass is 19.4. The van der Waals surface area contributed by atoms with Crippen molar-refractivity contribution in [2.24, 2.45) is 0 Å². The van der Waals surface area contributed by atoms with E-state index in [9.17, 15) is 28.1 Å². The van der Waals surface area contributed by atoms with Gasteiger partial charge in [-0.25, -0.2) is 4.79 Å². The van der Waals surface area contributed by atoms with Crippen LogP contribution in [-0.2, 0) is 0 Å². The molecule has 1 aromatic carbocycles. The molecular weight excluding hydrogens is 279 g/mol. The summed E-state index contributed by atoms with van der Waals surface area (Å²) in [7, 11) is 0. The first kappa shape index (κ1) is 15.7. The van der Waals surface area contributed by atoms with Crippen LogP contribution in [0.15, 0.2) is 12.1 Å². The zero-order valence-corrected chi connectivity index (χ0v) is 10.7. The third kappa shape index (κ3) is 4.41. The molecule has 1 aromatic rings. The zero-order chi connectivity index (χ0) is 15.5. The molecule has 20 heavy (non-hydrogen) atoms. The largest absolute Gasteiger partial charge is 0.405 e. The van der Waals surface area contributed by atoms with Crippen molar-refractivity contribution >= 4 is 17.4 Å². The molecule has 0 saturated carbocycles. The fraction of sp³-hybridized carbons (Fsp3) is 0.364. The van der Waals surface area contributed by atoms with E-state index >= 15 is 0 Å². The van der Waals surface area contributed by atoms with Gasteiger partial charge < -0.3 is 10.6 Å². The molecule has 2 amide bonds. The van der Waals surface area contributed by atoms with Crippen LogP contribution in [0.5, 0.6) is 0 Å². The monoisotopic (exact) mass is 291 g/mol. The van der Waals surface area contributed by atoms with Gasteiger partial charge in [-0.1, -0.05) is 0 Å². The van der Waals surface area contributed by atoms with E-state index in [1.807, 2.05) is 5.32 Å². The quantitative estimate of drug-likeness (QED) is 0.663. The predicted octanol–water partition coefficient (Wildman–Crippen LogP) is 2.90. The first-order valence-corrected chi connectivity index (χ1v) is 5.47. The SMILES string of the molecule is Cc1cc(NC(=O)NCC(F)(F)F)c([N+](=O)[O-])cc1C. The maximum Gasteiger partial charge on any atom is 0.405 e. The smallest absolute Gasteiger partial charge is 0.329 e. The number of nitrogens with zero attached hydrogens (tertiary/aromatic N) is 1. The van der Waals surface area contributed by atoms with Crippen LogP contribution in [0, 0.1) is 24.0 Å². The molecule has 6 nitrogen and oxygen atoms in total. The van der Waals surface area contributed by atoms with Crippen molar-refractivity contribution < 1.29 is 22.9 Å². The van der Waals surface area contributed by atoms with Crippen molar-refractivity contribution in [1.82, 2.24) is 5.32 Å². The summed E-state index contributed by atoms with van der Waals surface area (Å²) < 4.78 is 35.8. The average Bonchev–Trinajstić information content (AvgIpc) is 2.29. The number of alkyl halides is 3. The van der Waals surface area contributed by atoms with Gasteiger partial charge in [0.2, 0.25) is 0 Å². The Kier molecular flexibility index (Phi) is 4.53. The van der Waals surface area contributed by atoms with Crippen molar-refractivity contribution in [3.05, 3.63) is 33.4 Å². The number of nitrogens with one attached hydrogen (secondary N) is 2. The number of halogens is 3. The van der Waals surface area contributed by atoms with E-state index in [0.29, 0.717) is 11.1 Å². The van der Waals surface area contributed by atoms with Crippen molar-refractivity contribution in [1.29, 1.82) is 0 Å². The summed E-state index contributed by atoms with van der Waals surface area (Å²) in [4.78, 5) is 21.4. The number of rotatable bonds is 3. The summed E-state index contributed by atoms with van der Waals surface area (Å²) in [6, 6.07) is 1.42. The number of benzene rings is 1. The summed E-state index contributed by atoms with van der Waals surface area (Å²) in [6.07, 6.45) is -4.55. The zero-order valence-electron chi connectivity index (χ0n) is 10.7. The van der Waals surface area contributed by atoms with Gasteiger partial charge in [-0.2, -0.15) is 13.2 Å². The lowest BCUT2D eigenvalue weighted by molar-refractivity contribution is -0.384. The van der Waals surface area contributed by atoms with Gasteiger partial charge in [0.05, 0.1) is 4.92 Å². The highest BCUT2D eigenvalue weighted by Crippen LogP contribution is 2.27. The summed E-state index contributed by atoms with van der Waals surface area (Å²) in [5.74, 6) is 0. The van der Waals surface area contributed by atoms with Crippen LogP contribution < -0.4 is 10.6 Å². The molecular formula is C11H12F3N3O3. The van der Waals surface area contributed by atoms with E-state index in [4.69, 9.17) is 0 Å². The summed E-state index contributed by atoms with van der Waals surface area (Å²) >= 11 is 0. The van der Waals surface area contributed by atoms with E-state index in [1.54, 1.807) is 19.2 Å². The lowest BCUT2D eigenvalue weighted by Gasteiger charge is -2.11. The van der Waals surface area contributed by atoms with Crippen molar-refractivity contribution in [2.75, 3.05) is 11.9 Å². The highest BCUT2D eigenvalue weighted by molar-refractivity contribution is 5.92. The maximum absolute atomic E-state index is 11.9. The first-order chi connectivity index (χ1) is 9.10. The predicted molar refractivity (Wildman–Crippen MR) is 65.6 cm³/mol. The Hall–Kier alpha value is -2.32. The molecule has 0 aliphatic rings. The lowest BCUT2D eigenvalue weighted by atomic mass is 10.1. The molecule has 0 aromatic heterocycles. The summed E-state index contributed by atoms with van der Waals surface area (Å²) in [5.41, 5.74) is 0.771. The Bertz CT molecular complexity index is 544. The van der Waals surface area contributed by atoms with Crippen LogP contribution in [-0.4, -0.2) is 23.7 Å². The van der Waals surface area contributed by atoms with Gasteiger partial charge >= 0.3 is 12.2 Å². The van der Waals surface area contributed by atoms with E-state index < -0.39 is 23.7 Å². The second-order valence-corrected chi connectivity index (χ2v) is 4.13. The molecule has 2 N–H and O–H groups in total. The van der Waals surface area contributed by atoms with Gasteiger partial charge in [0.25, 0.3) is 5.69 Å². The Labute approximate surface area is 112 Å². The normalized spacial score (nSPS) is 11.1. The minimum Gasteiger partial charge on any atom is -0.329 e. The minimum absolute atomic E-state index is 0.155. The molecule has 0 fully saturated rings. The molecule has 0 bridgehead atoms. The van der Waals surface area contributed by atoms with Crippen LogP contribution >= 0.6 is 0 Å². The van der Waals surface area contributed by atoms with Crippen molar-refractivity contribution in [2.45, 2.75) is 20.0 Å². The number of carbonyl (C=O) groups excluding carboxylic acids is 1. The summed E-state index contributed by atoms with van der Waals surface area (Å²) in [5, 5.41) is 14.5. The molecule has 0 spiro atoms. The number of hydrogen-bond donors (Lipinski definition) is 2. The third-order valence-corrected chi connectivity index (χ3v) is 2.51. The van der Waals surface area contributed by atoms with Gasteiger partial charge in [-0.3, -0.25) is 10.1 Å². The number of hydrogen-bond acceptors (Lipinski definition) is 3. The van der Waals surface area contributed by atoms with Gasteiger partial charge in [-0.15, -0.1) is 0 Å². The third-order valence-electron chi connectivity index (χ3n) is 2.51. The molecule has 0 aliphatic heterocycles. The Balaban J connectivity index is 2.89. The van der Waals surface area contributed by atoms with Crippen molar-refractivity contribution in [3.8, 4) is 0 Å². The fourth-order valence-corrected chi connectivity index (χ4v) is 1.40. The van der Waals surface area contributed by atoms with Gasteiger partial charge in [0.1, 0.15) is 12.2 Å². The molecule has 0 radical (unpaired) electrons. The van der Waals surface area contributed by atoms with Crippen LogP contribution in [0.2, 0.25) is 0 Å². The summed E-state index contributed by atoms with van der Waals surface area (Å²) in [6.45, 7) is 1.80. The van der Waals surface area contributed by atoms with Crippen molar-refractivity contribution in [3.63, 3.8) is 0 Å². The minimum atomic E-state index is -4.55. The number of aryl methyl sites for hydroxylation is 2. The number of urea groups is 1. The average molecular weight is 291 g/mol. The molecule has 0 atom stereocenters. The Morgan fingerprint density at radius 1 is 1.30 bits per heavy atom. The molecule has 1 rings (SSSR count).